The van der Waals surface area contributed by atoms with Crippen molar-refractivity contribution in [3.63, 3.8) is 0 Å². The Hall–Kier alpha value is -1.88. The van der Waals surface area contributed by atoms with Crippen LogP contribution in [0.4, 0.5) is 11.4 Å². The second kappa shape index (κ2) is 8.32. The zero-order valence-corrected chi connectivity index (χ0v) is 12.4. The normalized spacial score (nSPS) is 10.4. The highest BCUT2D eigenvalue weighted by Gasteiger charge is 2.01. The van der Waals surface area contributed by atoms with Crippen LogP contribution >= 0.6 is 0 Å². The molecule has 0 spiro atoms. The highest BCUT2D eigenvalue weighted by Crippen LogP contribution is 2.06. The summed E-state index contributed by atoms with van der Waals surface area (Å²) in [6.07, 6.45) is 0. The molecule has 5 heteroatoms. The lowest BCUT2D eigenvalue weighted by Gasteiger charge is -2.17. The van der Waals surface area contributed by atoms with E-state index >= 15 is 0 Å². The van der Waals surface area contributed by atoms with E-state index in [9.17, 15) is 9.59 Å². The number of amides is 1. The quantitative estimate of drug-likeness (QED) is 0.797. The molecule has 1 aromatic rings. The second-order valence-corrected chi connectivity index (χ2v) is 4.53. The first kappa shape index (κ1) is 16.2. The molecule has 0 atom stereocenters. The zero-order valence-electron chi connectivity index (χ0n) is 12.4. The smallest absolute Gasteiger partial charge is 0.221 e. The van der Waals surface area contributed by atoms with Gasteiger partial charge in [-0.3, -0.25) is 9.59 Å². The van der Waals surface area contributed by atoms with E-state index in [1.54, 1.807) is 18.2 Å². The lowest BCUT2D eigenvalue weighted by molar-refractivity contribution is -0.114. The summed E-state index contributed by atoms with van der Waals surface area (Å²) in [5.41, 5.74) is 1.08. The van der Waals surface area contributed by atoms with Crippen LogP contribution in [0.3, 0.4) is 0 Å². The molecule has 0 aliphatic rings. The van der Waals surface area contributed by atoms with E-state index < -0.39 is 0 Å². The highest BCUT2D eigenvalue weighted by molar-refractivity contribution is 5.88. The van der Waals surface area contributed by atoms with E-state index in [1.165, 1.54) is 13.0 Å². The monoisotopic (exact) mass is 277 g/mol. The van der Waals surface area contributed by atoms with Gasteiger partial charge in [-0.1, -0.05) is 13.8 Å². The Morgan fingerprint density at radius 3 is 2.40 bits per heavy atom. The van der Waals surface area contributed by atoms with Crippen molar-refractivity contribution in [2.24, 2.45) is 0 Å². The third-order valence-corrected chi connectivity index (χ3v) is 3.07. The third-order valence-electron chi connectivity index (χ3n) is 3.07. The maximum atomic E-state index is 11.9. The number of rotatable bonds is 7. The van der Waals surface area contributed by atoms with Crippen molar-refractivity contribution in [1.29, 1.82) is 0 Å². The van der Waals surface area contributed by atoms with Crippen molar-refractivity contribution < 1.29 is 4.79 Å². The first-order valence-electron chi connectivity index (χ1n) is 6.95. The lowest BCUT2D eigenvalue weighted by Crippen LogP contribution is -2.29. The summed E-state index contributed by atoms with van der Waals surface area (Å²) in [6, 6.07) is 6.50. The van der Waals surface area contributed by atoms with Crippen LogP contribution in [0.25, 0.3) is 0 Å². The van der Waals surface area contributed by atoms with Gasteiger partial charge >= 0.3 is 0 Å². The lowest BCUT2D eigenvalue weighted by atomic mass is 10.4. The molecule has 0 saturated carbocycles. The van der Waals surface area contributed by atoms with Crippen LogP contribution in [0.5, 0.6) is 0 Å². The van der Waals surface area contributed by atoms with Crippen LogP contribution in [0.15, 0.2) is 29.1 Å². The van der Waals surface area contributed by atoms with E-state index in [4.69, 9.17) is 0 Å². The van der Waals surface area contributed by atoms with Crippen LogP contribution in [-0.4, -0.2) is 37.0 Å². The SMILES string of the molecule is CCN(CC)CCNc1ccc(NC(C)=O)ccc1=O. The molecule has 0 saturated heterocycles. The van der Waals surface area contributed by atoms with Gasteiger partial charge in [0.05, 0.1) is 5.69 Å². The standard InChI is InChI=1S/C15H23N3O2/c1-4-18(5-2)11-10-16-14-8-6-13(17-12(3)19)7-9-15(14)20/h6-9H,4-5,10-11H2,1-3H3,(H,16,20)(H,17,19). The molecule has 20 heavy (non-hydrogen) atoms. The van der Waals surface area contributed by atoms with Crippen LogP contribution < -0.4 is 16.1 Å². The molecule has 1 rings (SSSR count). The molecule has 1 amide bonds. The minimum absolute atomic E-state index is 0.0823. The van der Waals surface area contributed by atoms with Crippen LogP contribution in [0.2, 0.25) is 0 Å². The van der Waals surface area contributed by atoms with E-state index in [-0.39, 0.29) is 11.3 Å². The van der Waals surface area contributed by atoms with Gasteiger partial charge in [-0.15, -0.1) is 0 Å². The topological polar surface area (TPSA) is 61.4 Å². The third kappa shape index (κ3) is 5.40. The van der Waals surface area contributed by atoms with Gasteiger partial charge in [-0.2, -0.15) is 0 Å². The molecule has 5 nitrogen and oxygen atoms in total. The van der Waals surface area contributed by atoms with E-state index in [1.807, 2.05) is 0 Å². The average molecular weight is 277 g/mol. The van der Waals surface area contributed by atoms with E-state index in [0.29, 0.717) is 11.4 Å². The maximum absolute atomic E-state index is 11.9. The predicted octanol–water partition coefficient (Wildman–Crippen LogP) is 1.76. The first-order valence-corrected chi connectivity index (χ1v) is 6.95. The predicted molar refractivity (Wildman–Crippen MR) is 83.3 cm³/mol. The van der Waals surface area contributed by atoms with Gasteiger partial charge in [-0.05, 0) is 37.4 Å². The molecule has 0 radical (unpaired) electrons. The molecule has 2 N–H and O–H groups in total. The number of nitrogens with one attached hydrogen (secondary N) is 2. The Labute approximate surface area is 120 Å². The van der Waals surface area contributed by atoms with Gasteiger partial charge < -0.3 is 15.5 Å². The van der Waals surface area contributed by atoms with Crippen molar-refractivity contribution >= 4 is 17.3 Å². The number of nitrogens with zero attached hydrogens (tertiary/aromatic N) is 1. The number of anilines is 2. The number of likely N-dealkylation sites (N-methyl/N-ethyl adjacent to an activating group) is 1. The van der Waals surface area contributed by atoms with Crippen molar-refractivity contribution in [1.82, 2.24) is 4.90 Å². The number of hydrogen-bond acceptors (Lipinski definition) is 4. The molecule has 0 heterocycles. The van der Waals surface area contributed by atoms with Gasteiger partial charge in [0.25, 0.3) is 0 Å². The summed E-state index contributed by atoms with van der Waals surface area (Å²) in [7, 11) is 0. The minimum Gasteiger partial charge on any atom is -0.381 e. The summed E-state index contributed by atoms with van der Waals surface area (Å²) in [5, 5.41) is 5.80. The van der Waals surface area contributed by atoms with Crippen LogP contribution in [0.1, 0.15) is 20.8 Å². The Bertz CT molecular complexity index is 499. The Morgan fingerprint density at radius 1 is 1.15 bits per heavy atom. The summed E-state index contributed by atoms with van der Waals surface area (Å²) in [4.78, 5) is 25.2. The van der Waals surface area contributed by atoms with Crippen LogP contribution in [-0.2, 0) is 4.79 Å². The minimum atomic E-state index is -0.153. The van der Waals surface area contributed by atoms with Crippen LogP contribution in [0, 0.1) is 0 Å². The zero-order chi connectivity index (χ0) is 15.0. The van der Waals surface area contributed by atoms with Crippen molar-refractivity contribution in [3.05, 3.63) is 34.5 Å². The average Bonchev–Trinajstić information content (AvgIpc) is 2.58. The van der Waals surface area contributed by atoms with Gasteiger partial charge in [0.2, 0.25) is 11.3 Å². The number of carbonyl (C=O) groups excluding carboxylic acids is 1. The summed E-state index contributed by atoms with van der Waals surface area (Å²) >= 11 is 0. The fraction of sp³-hybridized carbons (Fsp3) is 0.467. The molecule has 0 fully saturated rings. The van der Waals surface area contributed by atoms with Crippen molar-refractivity contribution in [3.8, 4) is 0 Å². The second-order valence-electron chi connectivity index (χ2n) is 4.53. The Morgan fingerprint density at radius 2 is 1.80 bits per heavy atom. The maximum Gasteiger partial charge on any atom is 0.221 e. The highest BCUT2D eigenvalue weighted by atomic mass is 16.1. The Kier molecular flexibility index (Phi) is 6.73. The van der Waals surface area contributed by atoms with Crippen molar-refractivity contribution in [2.75, 3.05) is 36.8 Å². The largest absolute Gasteiger partial charge is 0.381 e. The summed E-state index contributed by atoms with van der Waals surface area (Å²) in [5.74, 6) is -0.153. The first-order chi connectivity index (χ1) is 9.56. The molecule has 0 unspecified atom stereocenters. The number of carbonyl (C=O) groups is 1. The molecular formula is C15H23N3O2. The fourth-order valence-corrected chi connectivity index (χ4v) is 1.89. The number of hydrogen-bond donors (Lipinski definition) is 2. The molecular weight excluding hydrogens is 254 g/mol. The van der Waals surface area contributed by atoms with Gasteiger partial charge in [0.15, 0.2) is 0 Å². The van der Waals surface area contributed by atoms with E-state index in [0.717, 1.165) is 26.2 Å². The summed E-state index contributed by atoms with van der Waals surface area (Å²) in [6.45, 7) is 9.28. The van der Waals surface area contributed by atoms with E-state index in [2.05, 4.69) is 29.4 Å². The van der Waals surface area contributed by atoms with Gasteiger partial charge in [0, 0.05) is 25.7 Å². The summed E-state index contributed by atoms with van der Waals surface area (Å²) < 4.78 is 0. The van der Waals surface area contributed by atoms with Gasteiger partial charge in [0.1, 0.15) is 0 Å². The molecule has 0 aliphatic heterocycles. The van der Waals surface area contributed by atoms with Gasteiger partial charge in [-0.25, -0.2) is 0 Å². The molecule has 0 aromatic heterocycles. The fourth-order valence-electron chi connectivity index (χ4n) is 1.89. The Balaban J connectivity index is 2.69. The molecule has 0 aliphatic carbocycles. The molecule has 0 bridgehead atoms. The molecule has 1 aromatic carbocycles. The molecule has 110 valence electrons. The van der Waals surface area contributed by atoms with Crippen molar-refractivity contribution in [2.45, 2.75) is 20.8 Å².